The Kier molecular flexibility index (Phi) is 6.68. The van der Waals surface area contributed by atoms with Crippen molar-refractivity contribution in [1.82, 2.24) is 4.72 Å². The maximum atomic E-state index is 12.9. The molecule has 2 atom stereocenters. The number of anilines is 1. The van der Waals surface area contributed by atoms with Gasteiger partial charge in [-0.1, -0.05) is 35.0 Å². The molecule has 2 aromatic rings. The molecule has 1 aliphatic heterocycles. The lowest BCUT2D eigenvalue weighted by Gasteiger charge is -2.33. The number of sulfonamides is 1. The second-order valence-corrected chi connectivity index (χ2v) is 10.0. The predicted octanol–water partition coefficient (Wildman–Crippen LogP) is 4.73. The van der Waals surface area contributed by atoms with E-state index in [1.165, 1.54) is 25.6 Å². The SMILES string of the molecule is COc1ccc(Br)cc1S(=O)(=O)N[C@H](C)c1ccc(N2CCC[C@@H](C)C2)cc1. The Morgan fingerprint density at radius 2 is 1.93 bits per heavy atom. The Hall–Kier alpha value is -1.57. The highest BCUT2D eigenvalue weighted by Crippen LogP contribution is 2.29. The maximum Gasteiger partial charge on any atom is 0.244 e. The molecule has 0 bridgehead atoms. The highest BCUT2D eigenvalue weighted by Gasteiger charge is 2.23. The summed E-state index contributed by atoms with van der Waals surface area (Å²) in [4.78, 5) is 2.52. The summed E-state index contributed by atoms with van der Waals surface area (Å²) in [5, 5.41) is 0. The molecule has 1 heterocycles. The topological polar surface area (TPSA) is 58.6 Å². The van der Waals surface area contributed by atoms with Gasteiger partial charge in [0.2, 0.25) is 10.0 Å². The number of hydrogen-bond donors (Lipinski definition) is 1. The fourth-order valence-corrected chi connectivity index (χ4v) is 5.56. The lowest BCUT2D eigenvalue weighted by Crippen LogP contribution is -2.34. The molecule has 1 fully saturated rings. The van der Waals surface area contributed by atoms with E-state index in [9.17, 15) is 8.42 Å². The zero-order valence-electron chi connectivity index (χ0n) is 16.5. The van der Waals surface area contributed by atoms with Crippen molar-refractivity contribution in [1.29, 1.82) is 0 Å². The van der Waals surface area contributed by atoms with E-state index in [1.54, 1.807) is 18.2 Å². The number of rotatable bonds is 6. The molecule has 2 aromatic carbocycles. The molecule has 0 spiro atoms. The molecule has 152 valence electrons. The molecule has 0 aromatic heterocycles. The Morgan fingerprint density at radius 3 is 2.57 bits per heavy atom. The Labute approximate surface area is 176 Å². The van der Waals surface area contributed by atoms with Gasteiger partial charge >= 0.3 is 0 Å². The monoisotopic (exact) mass is 466 g/mol. The summed E-state index contributed by atoms with van der Waals surface area (Å²) in [7, 11) is -2.26. The van der Waals surface area contributed by atoms with Gasteiger partial charge in [-0.05, 0) is 61.6 Å². The molecular formula is C21H27BrN2O3S. The molecule has 1 N–H and O–H groups in total. The van der Waals surface area contributed by atoms with E-state index in [2.05, 4.69) is 44.6 Å². The number of methoxy groups -OCH3 is 1. The van der Waals surface area contributed by atoms with Gasteiger partial charge in [-0.3, -0.25) is 0 Å². The fourth-order valence-electron chi connectivity index (χ4n) is 3.62. The number of benzene rings is 2. The first-order chi connectivity index (χ1) is 13.3. The third-order valence-electron chi connectivity index (χ3n) is 5.16. The Bertz CT molecular complexity index is 916. The summed E-state index contributed by atoms with van der Waals surface area (Å²) in [5.41, 5.74) is 2.12. The van der Waals surface area contributed by atoms with E-state index in [1.807, 2.05) is 19.1 Å². The number of piperidine rings is 1. The number of nitrogens with zero attached hydrogens (tertiary/aromatic N) is 1. The molecule has 0 amide bonds. The lowest BCUT2D eigenvalue weighted by atomic mass is 9.99. The second kappa shape index (κ2) is 8.84. The lowest BCUT2D eigenvalue weighted by molar-refractivity contribution is 0.402. The summed E-state index contributed by atoms with van der Waals surface area (Å²) in [6, 6.07) is 12.7. The molecule has 3 rings (SSSR count). The van der Waals surface area contributed by atoms with E-state index >= 15 is 0 Å². The molecule has 0 unspecified atom stereocenters. The molecule has 28 heavy (non-hydrogen) atoms. The number of hydrogen-bond acceptors (Lipinski definition) is 4. The van der Waals surface area contributed by atoms with Crippen LogP contribution in [-0.2, 0) is 10.0 Å². The van der Waals surface area contributed by atoms with Gasteiger partial charge in [0.15, 0.2) is 0 Å². The van der Waals surface area contributed by atoms with Crippen molar-refractivity contribution in [2.75, 3.05) is 25.1 Å². The number of ether oxygens (including phenoxy) is 1. The summed E-state index contributed by atoms with van der Waals surface area (Å²) in [5.74, 6) is 1.02. The fraction of sp³-hybridized carbons (Fsp3) is 0.429. The summed E-state index contributed by atoms with van der Waals surface area (Å²) in [6.45, 7) is 6.28. The van der Waals surface area contributed by atoms with Crippen LogP contribution in [0.25, 0.3) is 0 Å². The van der Waals surface area contributed by atoms with Gasteiger partial charge in [-0.2, -0.15) is 0 Å². The van der Waals surface area contributed by atoms with Gasteiger partial charge < -0.3 is 9.64 Å². The average molecular weight is 467 g/mol. The normalized spacial score (nSPS) is 18.7. The Morgan fingerprint density at radius 1 is 1.21 bits per heavy atom. The molecule has 1 saturated heterocycles. The van der Waals surface area contributed by atoms with Crippen LogP contribution >= 0.6 is 15.9 Å². The van der Waals surface area contributed by atoms with Gasteiger partial charge in [0, 0.05) is 29.3 Å². The number of nitrogens with one attached hydrogen (secondary N) is 1. The largest absolute Gasteiger partial charge is 0.495 e. The van der Waals surface area contributed by atoms with Crippen molar-refractivity contribution in [3.05, 3.63) is 52.5 Å². The van der Waals surface area contributed by atoms with Gasteiger partial charge in [-0.15, -0.1) is 0 Å². The van der Waals surface area contributed by atoms with Crippen LogP contribution in [0.1, 0.15) is 38.3 Å². The van der Waals surface area contributed by atoms with Gasteiger partial charge in [0.05, 0.1) is 7.11 Å². The van der Waals surface area contributed by atoms with Crippen molar-refractivity contribution < 1.29 is 13.2 Å². The first-order valence-electron chi connectivity index (χ1n) is 9.51. The zero-order chi connectivity index (χ0) is 20.3. The van der Waals surface area contributed by atoms with Crippen LogP contribution in [-0.4, -0.2) is 28.6 Å². The third-order valence-corrected chi connectivity index (χ3v) is 7.22. The van der Waals surface area contributed by atoms with Crippen molar-refractivity contribution >= 4 is 31.6 Å². The van der Waals surface area contributed by atoms with E-state index < -0.39 is 10.0 Å². The van der Waals surface area contributed by atoms with Crippen LogP contribution in [0.3, 0.4) is 0 Å². The van der Waals surface area contributed by atoms with Crippen molar-refractivity contribution in [2.45, 2.75) is 37.6 Å². The molecular weight excluding hydrogens is 440 g/mol. The maximum absolute atomic E-state index is 12.9. The smallest absolute Gasteiger partial charge is 0.244 e. The van der Waals surface area contributed by atoms with Gasteiger partial charge in [-0.25, -0.2) is 13.1 Å². The second-order valence-electron chi connectivity index (χ2n) is 7.42. The van der Waals surface area contributed by atoms with Crippen LogP contribution in [0.5, 0.6) is 5.75 Å². The quantitative estimate of drug-likeness (QED) is 0.667. The minimum Gasteiger partial charge on any atom is -0.495 e. The molecule has 1 aliphatic rings. The third kappa shape index (κ3) is 4.88. The van der Waals surface area contributed by atoms with Crippen molar-refractivity contribution in [2.24, 2.45) is 5.92 Å². The van der Waals surface area contributed by atoms with Crippen LogP contribution < -0.4 is 14.4 Å². The predicted molar refractivity (Wildman–Crippen MR) is 116 cm³/mol. The summed E-state index contributed by atoms with van der Waals surface area (Å²) in [6.07, 6.45) is 2.50. The first kappa shape index (κ1) is 21.1. The minimum absolute atomic E-state index is 0.121. The van der Waals surface area contributed by atoms with E-state index in [0.717, 1.165) is 18.7 Å². The first-order valence-corrected chi connectivity index (χ1v) is 11.8. The average Bonchev–Trinajstić information content (AvgIpc) is 2.68. The number of halogens is 1. The van der Waals surface area contributed by atoms with Crippen molar-refractivity contribution in [3.63, 3.8) is 0 Å². The molecule has 0 radical (unpaired) electrons. The standard InChI is InChI=1S/C21H27BrN2O3S/c1-15-5-4-12-24(14-15)19-9-6-17(7-10-19)16(2)23-28(25,26)21-13-18(22)8-11-20(21)27-3/h6-11,13,15-16,23H,4-5,12,14H2,1-3H3/t15-,16-/m1/s1. The van der Waals surface area contributed by atoms with Crippen LogP contribution in [0.2, 0.25) is 0 Å². The molecule has 7 heteroatoms. The van der Waals surface area contributed by atoms with E-state index in [4.69, 9.17) is 4.74 Å². The van der Waals surface area contributed by atoms with E-state index in [0.29, 0.717) is 16.1 Å². The van der Waals surface area contributed by atoms with Gasteiger partial charge in [0.25, 0.3) is 0 Å². The highest BCUT2D eigenvalue weighted by molar-refractivity contribution is 9.10. The van der Waals surface area contributed by atoms with Gasteiger partial charge in [0.1, 0.15) is 10.6 Å². The van der Waals surface area contributed by atoms with Crippen molar-refractivity contribution in [3.8, 4) is 5.75 Å². The zero-order valence-corrected chi connectivity index (χ0v) is 18.9. The summed E-state index contributed by atoms with van der Waals surface area (Å²) < 4.78 is 34.4. The molecule has 5 nitrogen and oxygen atoms in total. The van der Waals surface area contributed by atoms with Crippen LogP contribution in [0.4, 0.5) is 5.69 Å². The highest BCUT2D eigenvalue weighted by atomic mass is 79.9. The molecule has 0 aliphatic carbocycles. The van der Waals surface area contributed by atoms with E-state index in [-0.39, 0.29) is 10.9 Å². The minimum atomic E-state index is -3.73. The Balaban J connectivity index is 1.75. The van der Waals surface area contributed by atoms with Crippen LogP contribution in [0.15, 0.2) is 51.8 Å². The van der Waals surface area contributed by atoms with Crippen LogP contribution in [0, 0.1) is 5.92 Å². The molecule has 0 saturated carbocycles. The summed E-state index contributed by atoms with van der Waals surface area (Å²) >= 11 is 3.33.